The Balaban J connectivity index is 2.08. The van der Waals surface area contributed by atoms with Crippen LogP contribution >= 0.6 is 0 Å². The van der Waals surface area contributed by atoms with Gasteiger partial charge >= 0.3 is 0 Å². The van der Waals surface area contributed by atoms with E-state index in [2.05, 4.69) is 50.9 Å². The fourth-order valence-corrected chi connectivity index (χ4v) is 4.30. The second-order valence-corrected chi connectivity index (χ2v) is 13.0. The van der Waals surface area contributed by atoms with Crippen molar-refractivity contribution in [2.75, 3.05) is 13.2 Å². The highest BCUT2D eigenvalue weighted by atomic mass is 28.4. The largest absolute Gasteiger partial charge is 0.415 e. The van der Waals surface area contributed by atoms with Gasteiger partial charge in [0.1, 0.15) is 0 Å². The zero-order valence-corrected chi connectivity index (χ0v) is 15.5. The van der Waals surface area contributed by atoms with Crippen molar-refractivity contribution in [3.63, 3.8) is 0 Å². The molecular formula is C16H30BNO2Si. The number of hydrogen-bond donors (Lipinski definition) is 0. The van der Waals surface area contributed by atoms with E-state index in [0.29, 0.717) is 18.4 Å². The van der Waals surface area contributed by atoms with Crippen LogP contribution in [0.4, 0.5) is 4.79 Å². The minimum atomic E-state index is -1.75. The molecule has 5 heteroatoms. The lowest BCUT2D eigenvalue weighted by Gasteiger charge is -2.39. The summed E-state index contributed by atoms with van der Waals surface area (Å²) in [7, 11) is -0.0508. The first-order chi connectivity index (χ1) is 9.63. The minimum Gasteiger partial charge on any atom is -0.415 e. The molecule has 0 bridgehead atoms. The maximum Gasteiger partial charge on any atom is 0.215 e. The average molecular weight is 307 g/mol. The smallest absolute Gasteiger partial charge is 0.215 e. The molecule has 1 heterocycles. The summed E-state index contributed by atoms with van der Waals surface area (Å²) in [5.74, 6) is 1.42. The Bertz CT molecular complexity index is 430. The van der Waals surface area contributed by atoms with Crippen molar-refractivity contribution >= 4 is 22.0 Å². The first-order valence-electron chi connectivity index (χ1n) is 8.19. The van der Waals surface area contributed by atoms with Gasteiger partial charge in [-0.3, -0.25) is 4.79 Å². The van der Waals surface area contributed by atoms with Crippen LogP contribution in [0.15, 0.2) is 12.2 Å². The first-order valence-corrected chi connectivity index (χ1v) is 11.1. The van der Waals surface area contributed by atoms with Crippen molar-refractivity contribution in [3.05, 3.63) is 12.2 Å². The van der Waals surface area contributed by atoms with Crippen LogP contribution in [0.25, 0.3) is 0 Å². The molecule has 0 aromatic rings. The monoisotopic (exact) mass is 307 g/mol. The summed E-state index contributed by atoms with van der Waals surface area (Å²) < 4.78 is 6.43. The predicted molar refractivity (Wildman–Crippen MR) is 92.9 cm³/mol. The molecule has 3 atom stereocenters. The highest BCUT2D eigenvalue weighted by molar-refractivity contribution is 6.74. The lowest BCUT2D eigenvalue weighted by molar-refractivity contribution is 0.155. The molecule has 2 aliphatic rings. The van der Waals surface area contributed by atoms with E-state index in [-0.39, 0.29) is 16.9 Å². The summed E-state index contributed by atoms with van der Waals surface area (Å²) in [6.45, 7) is 13.0. The Labute approximate surface area is 131 Å². The van der Waals surface area contributed by atoms with Gasteiger partial charge in [-0.25, -0.2) is 0 Å². The normalized spacial score (nSPS) is 29.6. The molecule has 1 fully saturated rings. The van der Waals surface area contributed by atoms with Gasteiger partial charge in [-0.15, -0.1) is 0 Å². The number of likely N-dealkylation sites (tertiary alicyclic amines) is 1. The molecule has 1 aliphatic carbocycles. The fraction of sp³-hybridized carbons (Fsp3) is 0.812. The fourth-order valence-electron chi connectivity index (χ4n) is 3.28. The van der Waals surface area contributed by atoms with E-state index in [1.54, 1.807) is 7.85 Å². The standard InChI is InChI=1S/C16H30BNO2Si/c1-16(2,3)21(4,5)20-11-14-13-9-7-6-8-12(13)10-18(14)15(17)19/h6-7,12-14H,8-11,17H2,1-5H3/t12?,13?,14-/m1/s1. The zero-order valence-electron chi connectivity index (χ0n) is 14.5. The van der Waals surface area contributed by atoms with E-state index in [1.807, 2.05) is 0 Å². The van der Waals surface area contributed by atoms with Gasteiger partial charge in [-0.1, -0.05) is 32.9 Å². The number of carbonyl (C=O) groups excluding carboxylic acids is 1. The van der Waals surface area contributed by atoms with Gasteiger partial charge in [0.05, 0.1) is 12.6 Å². The van der Waals surface area contributed by atoms with Crippen LogP contribution in [0.1, 0.15) is 33.6 Å². The van der Waals surface area contributed by atoms with Crippen LogP contribution in [0, 0.1) is 11.8 Å². The maximum atomic E-state index is 12.0. The van der Waals surface area contributed by atoms with Crippen molar-refractivity contribution in [3.8, 4) is 0 Å². The molecule has 2 rings (SSSR count). The Morgan fingerprint density at radius 2 is 1.95 bits per heavy atom. The van der Waals surface area contributed by atoms with Gasteiger partial charge < -0.3 is 9.33 Å². The SMILES string of the molecule is BC(=O)N1CC2CC=CCC2[C@H]1CO[Si](C)(C)C(C)(C)C. The lowest BCUT2D eigenvalue weighted by atomic mass is 9.82. The van der Waals surface area contributed by atoms with Crippen LogP contribution in [-0.2, 0) is 4.43 Å². The number of fused-ring (bicyclic) bond motifs is 1. The van der Waals surface area contributed by atoms with Crippen molar-refractivity contribution in [1.82, 2.24) is 4.90 Å². The third-order valence-electron chi connectivity index (χ3n) is 5.77. The highest BCUT2D eigenvalue weighted by Crippen LogP contribution is 2.40. The van der Waals surface area contributed by atoms with Crippen molar-refractivity contribution < 1.29 is 9.22 Å². The van der Waals surface area contributed by atoms with Gasteiger partial charge in [0.25, 0.3) is 0 Å². The molecule has 0 N–H and O–H groups in total. The summed E-state index contributed by atoms with van der Waals surface area (Å²) in [5.41, 5.74) is 0. The summed E-state index contributed by atoms with van der Waals surface area (Å²) in [6, 6.07) is 0.270. The number of hydrogen-bond acceptors (Lipinski definition) is 2. The van der Waals surface area contributed by atoms with E-state index in [9.17, 15) is 4.79 Å². The molecule has 3 nitrogen and oxygen atoms in total. The van der Waals surface area contributed by atoms with Crippen molar-refractivity contribution in [1.29, 1.82) is 0 Å². The Morgan fingerprint density at radius 1 is 1.33 bits per heavy atom. The molecule has 0 radical (unpaired) electrons. The van der Waals surface area contributed by atoms with Crippen LogP contribution in [0.2, 0.25) is 18.1 Å². The van der Waals surface area contributed by atoms with Gasteiger partial charge in [-0.05, 0) is 42.8 Å². The molecule has 118 valence electrons. The highest BCUT2D eigenvalue weighted by Gasteiger charge is 2.44. The topological polar surface area (TPSA) is 29.5 Å². The summed E-state index contributed by atoms with van der Waals surface area (Å²) in [5, 5.41) is 0.221. The summed E-state index contributed by atoms with van der Waals surface area (Å²) in [6.07, 6.45) is 6.77. The number of nitrogens with zero attached hydrogens (tertiary/aromatic N) is 1. The molecule has 0 aromatic heterocycles. The van der Waals surface area contributed by atoms with Crippen LogP contribution in [0.5, 0.6) is 0 Å². The van der Waals surface area contributed by atoms with E-state index in [4.69, 9.17) is 4.43 Å². The molecular weight excluding hydrogens is 277 g/mol. The number of amides is 1. The number of carbonyl (C=O) groups is 1. The minimum absolute atomic E-state index is 0.202. The van der Waals surface area contributed by atoms with E-state index < -0.39 is 8.32 Å². The lowest BCUT2D eigenvalue weighted by Crippen LogP contribution is -2.47. The number of rotatable bonds is 3. The molecule has 0 spiro atoms. The van der Waals surface area contributed by atoms with E-state index >= 15 is 0 Å². The quantitative estimate of drug-likeness (QED) is 0.592. The molecule has 1 amide bonds. The van der Waals surface area contributed by atoms with Gasteiger partial charge in [0, 0.05) is 6.54 Å². The maximum absolute atomic E-state index is 12.0. The molecule has 21 heavy (non-hydrogen) atoms. The van der Waals surface area contributed by atoms with E-state index in [1.165, 1.54) is 0 Å². The van der Waals surface area contributed by atoms with Gasteiger partial charge in [0.2, 0.25) is 7.85 Å². The van der Waals surface area contributed by atoms with Gasteiger partial charge in [0.15, 0.2) is 14.1 Å². The molecule has 0 saturated carbocycles. The number of allylic oxidation sites excluding steroid dienone is 2. The summed E-state index contributed by atoms with van der Waals surface area (Å²) >= 11 is 0. The Hall–Kier alpha value is -0.548. The molecule has 0 aromatic carbocycles. The van der Waals surface area contributed by atoms with Crippen LogP contribution in [0.3, 0.4) is 0 Å². The predicted octanol–water partition coefficient (Wildman–Crippen LogP) is 3.03. The van der Waals surface area contributed by atoms with E-state index in [0.717, 1.165) is 19.4 Å². The Morgan fingerprint density at radius 3 is 2.52 bits per heavy atom. The molecule has 2 unspecified atom stereocenters. The zero-order chi connectivity index (χ0) is 15.8. The second-order valence-electron chi connectivity index (χ2n) is 8.18. The van der Waals surface area contributed by atoms with Crippen molar-refractivity contribution in [2.24, 2.45) is 11.8 Å². The van der Waals surface area contributed by atoms with Crippen LogP contribution in [-0.4, -0.2) is 46.1 Å². The second kappa shape index (κ2) is 5.92. The third kappa shape index (κ3) is 3.45. The Kier molecular flexibility index (Phi) is 4.74. The average Bonchev–Trinajstić information content (AvgIpc) is 2.74. The molecule has 1 aliphatic heterocycles. The van der Waals surface area contributed by atoms with Crippen molar-refractivity contribution in [2.45, 2.75) is 57.8 Å². The third-order valence-corrected chi connectivity index (χ3v) is 10.3. The van der Waals surface area contributed by atoms with Crippen LogP contribution < -0.4 is 0 Å². The summed E-state index contributed by atoms with van der Waals surface area (Å²) in [4.78, 5) is 14.0. The molecule has 1 saturated heterocycles. The van der Waals surface area contributed by atoms with Gasteiger partial charge in [-0.2, -0.15) is 0 Å². The first kappa shape index (κ1) is 16.8.